The number of ether oxygens (including phenoxy) is 1. The highest BCUT2D eigenvalue weighted by molar-refractivity contribution is 7.92. The van der Waals surface area contributed by atoms with E-state index < -0.39 is 10.0 Å². The summed E-state index contributed by atoms with van der Waals surface area (Å²) in [5, 5.41) is 3.78. The van der Waals surface area contributed by atoms with Gasteiger partial charge in [0.1, 0.15) is 0 Å². The molecule has 1 atom stereocenters. The van der Waals surface area contributed by atoms with E-state index in [4.69, 9.17) is 4.74 Å². The number of rotatable bonds is 6. The third kappa shape index (κ3) is 3.96. The molecule has 1 aliphatic rings. The number of amides is 1. The summed E-state index contributed by atoms with van der Waals surface area (Å²) in [6.45, 7) is 2.90. The van der Waals surface area contributed by atoms with Crippen LogP contribution in [-0.2, 0) is 14.8 Å². The van der Waals surface area contributed by atoms with Crippen molar-refractivity contribution >= 4 is 43.0 Å². The molecular weight excluding hydrogens is 360 g/mol. The summed E-state index contributed by atoms with van der Waals surface area (Å²) >= 11 is 1.40. The zero-order chi connectivity index (χ0) is 18.0. The molecule has 25 heavy (non-hydrogen) atoms. The van der Waals surface area contributed by atoms with Crippen molar-refractivity contribution in [3.05, 3.63) is 29.1 Å². The van der Waals surface area contributed by atoms with Crippen molar-refractivity contribution in [3.63, 3.8) is 0 Å². The Morgan fingerprint density at radius 3 is 2.88 bits per heavy atom. The van der Waals surface area contributed by atoms with Crippen LogP contribution in [0.15, 0.2) is 24.3 Å². The van der Waals surface area contributed by atoms with Gasteiger partial charge in [-0.15, -0.1) is 11.3 Å². The molecule has 0 unspecified atom stereocenters. The lowest BCUT2D eigenvalue weighted by molar-refractivity contribution is 0.0861. The Morgan fingerprint density at radius 1 is 1.40 bits per heavy atom. The average molecular weight is 383 g/mol. The second-order valence-electron chi connectivity index (χ2n) is 6.05. The molecule has 2 aromatic rings. The lowest BCUT2D eigenvalue weighted by Crippen LogP contribution is -2.31. The predicted octanol–water partition coefficient (Wildman–Crippen LogP) is 2.60. The SMILES string of the molecule is CCS(=O)(=O)N(C)c1ccc2sc(C(=O)NC[C@@H]3CCCO3)cc2c1. The third-order valence-electron chi connectivity index (χ3n) is 4.38. The van der Waals surface area contributed by atoms with E-state index in [1.165, 1.54) is 15.6 Å². The van der Waals surface area contributed by atoms with E-state index in [1.807, 2.05) is 6.07 Å². The van der Waals surface area contributed by atoms with E-state index in [2.05, 4.69) is 5.32 Å². The standard InChI is InChI=1S/C17H22N2O4S2/c1-3-25(21,22)19(2)13-6-7-15-12(9-13)10-16(24-15)17(20)18-11-14-5-4-8-23-14/h6-7,9-10,14H,3-5,8,11H2,1-2H3,(H,18,20)/t14-/m0/s1. The molecular formula is C17H22N2O4S2. The van der Waals surface area contributed by atoms with Gasteiger partial charge in [0, 0.05) is 24.9 Å². The highest BCUT2D eigenvalue weighted by Gasteiger charge is 2.19. The summed E-state index contributed by atoms with van der Waals surface area (Å²) in [7, 11) is -1.76. The lowest BCUT2D eigenvalue weighted by atomic mass is 10.2. The molecule has 1 aromatic carbocycles. The van der Waals surface area contributed by atoms with Gasteiger partial charge in [-0.05, 0) is 49.4 Å². The Kier molecular flexibility index (Phi) is 5.31. The van der Waals surface area contributed by atoms with Crippen molar-refractivity contribution in [1.29, 1.82) is 0 Å². The Labute approximate surface area is 151 Å². The van der Waals surface area contributed by atoms with Crippen LogP contribution in [0.4, 0.5) is 5.69 Å². The molecule has 1 aliphatic heterocycles. The lowest BCUT2D eigenvalue weighted by Gasteiger charge is -2.18. The van der Waals surface area contributed by atoms with Gasteiger partial charge in [0.2, 0.25) is 10.0 Å². The summed E-state index contributed by atoms with van der Waals surface area (Å²) in [5.74, 6) is -0.0741. The molecule has 136 valence electrons. The van der Waals surface area contributed by atoms with Gasteiger partial charge in [-0.3, -0.25) is 9.10 Å². The Morgan fingerprint density at radius 2 is 2.20 bits per heavy atom. The molecule has 0 radical (unpaired) electrons. The molecule has 3 rings (SSSR count). The number of carbonyl (C=O) groups is 1. The topological polar surface area (TPSA) is 75.7 Å². The zero-order valence-corrected chi connectivity index (χ0v) is 16.0. The van der Waals surface area contributed by atoms with E-state index in [0.29, 0.717) is 17.1 Å². The molecule has 0 bridgehead atoms. The minimum absolute atomic E-state index is 0.0437. The van der Waals surface area contributed by atoms with Crippen LogP contribution in [0.25, 0.3) is 10.1 Å². The van der Waals surface area contributed by atoms with E-state index in [9.17, 15) is 13.2 Å². The fraction of sp³-hybridized carbons (Fsp3) is 0.471. The molecule has 1 amide bonds. The maximum absolute atomic E-state index is 12.3. The number of nitrogens with zero attached hydrogens (tertiary/aromatic N) is 1. The summed E-state index contributed by atoms with van der Waals surface area (Å²) in [6, 6.07) is 7.23. The number of sulfonamides is 1. The highest BCUT2D eigenvalue weighted by Crippen LogP contribution is 2.30. The van der Waals surface area contributed by atoms with Gasteiger partial charge < -0.3 is 10.1 Å². The Bertz CT molecular complexity index is 870. The number of anilines is 1. The molecule has 1 saturated heterocycles. The summed E-state index contributed by atoms with van der Waals surface area (Å²) < 4.78 is 31.8. The number of thiophene rings is 1. The van der Waals surface area contributed by atoms with Gasteiger partial charge in [0.25, 0.3) is 5.91 Å². The van der Waals surface area contributed by atoms with Crippen LogP contribution < -0.4 is 9.62 Å². The predicted molar refractivity (Wildman–Crippen MR) is 101 cm³/mol. The first kappa shape index (κ1) is 18.2. The molecule has 0 saturated carbocycles. The van der Waals surface area contributed by atoms with Gasteiger partial charge in [-0.1, -0.05) is 0 Å². The number of nitrogens with one attached hydrogen (secondary N) is 1. The zero-order valence-electron chi connectivity index (χ0n) is 14.3. The minimum atomic E-state index is -3.30. The molecule has 0 spiro atoms. The summed E-state index contributed by atoms with van der Waals surface area (Å²) in [6.07, 6.45) is 2.13. The number of hydrogen-bond donors (Lipinski definition) is 1. The van der Waals surface area contributed by atoms with Crippen LogP contribution in [0.3, 0.4) is 0 Å². The second-order valence-corrected chi connectivity index (χ2v) is 9.42. The first-order chi connectivity index (χ1) is 11.9. The van der Waals surface area contributed by atoms with Gasteiger partial charge in [-0.2, -0.15) is 0 Å². The van der Waals surface area contributed by atoms with Gasteiger partial charge in [0.15, 0.2) is 0 Å². The van der Waals surface area contributed by atoms with Crippen LogP contribution >= 0.6 is 11.3 Å². The fourth-order valence-electron chi connectivity index (χ4n) is 2.79. The van der Waals surface area contributed by atoms with Crippen molar-refractivity contribution in [2.45, 2.75) is 25.9 Å². The number of hydrogen-bond acceptors (Lipinski definition) is 5. The third-order valence-corrected chi connectivity index (χ3v) is 7.27. The molecule has 1 aromatic heterocycles. The molecule has 2 heterocycles. The van der Waals surface area contributed by atoms with Crippen LogP contribution in [-0.4, -0.2) is 46.4 Å². The van der Waals surface area contributed by atoms with E-state index in [0.717, 1.165) is 29.5 Å². The molecule has 1 N–H and O–H groups in total. The minimum Gasteiger partial charge on any atom is -0.376 e. The van der Waals surface area contributed by atoms with Crippen molar-refractivity contribution < 1.29 is 17.9 Å². The number of carbonyl (C=O) groups excluding carboxylic acids is 1. The molecule has 6 nitrogen and oxygen atoms in total. The van der Waals surface area contributed by atoms with Crippen molar-refractivity contribution in [2.75, 3.05) is 30.3 Å². The van der Waals surface area contributed by atoms with Gasteiger partial charge in [-0.25, -0.2) is 8.42 Å². The normalized spacial score (nSPS) is 17.8. The maximum atomic E-state index is 12.3. The van der Waals surface area contributed by atoms with E-state index in [-0.39, 0.29) is 17.8 Å². The molecule has 1 fully saturated rings. The fourth-order valence-corrected chi connectivity index (χ4v) is 4.57. The van der Waals surface area contributed by atoms with Crippen LogP contribution in [0.5, 0.6) is 0 Å². The first-order valence-corrected chi connectivity index (χ1v) is 10.7. The Balaban J connectivity index is 1.76. The van der Waals surface area contributed by atoms with E-state index >= 15 is 0 Å². The monoisotopic (exact) mass is 382 g/mol. The Hall–Kier alpha value is -1.64. The van der Waals surface area contributed by atoms with Crippen molar-refractivity contribution in [1.82, 2.24) is 5.32 Å². The average Bonchev–Trinajstić information content (AvgIpc) is 3.27. The summed E-state index contributed by atoms with van der Waals surface area (Å²) in [4.78, 5) is 12.9. The first-order valence-electron chi connectivity index (χ1n) is 8.30. The highest BCUT2D eigenvalue weighted by atomic mass is 32.2. The van der Waals surface area contributed by atoms with E-state index in [1.54, 1.807) is 32.2 Å². The quantitative estimate of drug-likeness (QED) is 0.833. The van der Waals surface area contributed by atoms with Crippen molar-refractivity contribution in [2.24, 2.45) is 0 Å². The summed E-state index contributed by atoms with van der Waals surface area (Å²) in [5.41, 5.74) is 0.596. The molecule has 8 heteroatoms. The van der Waals surface area contributed by atoms with Crippen LogP contribution in [0, 0.1) is 0 Å². The number of fused-ring (bicyclic) bond motifs is 1. The van der Waals surface area contributed by atoms with Crippen LogP contribution in [0.1, 0.15) is 29.4 Å². The smallest absolute Gasteiger partial charge is 0.261 e. The largest absolute Gasteiger partial charge is 0.376 e. The van der Waals surface area contributed by atoms with Gasteiger partial charge in [0.05, 0.1) is 22.4 Å². The van der Waals surface area contributed by atoms with Crippen LogP contribution in [0.2, 0.25) is 0 Å². The number of benzene rings is 1. The van der Waals surface area contributed by atoms with Gasteiger partial charge >= 0.3 is 0 Å². The van der Waals surface area contributed by atoms with Crippen molar-refractivity contribution in [3.8, 4) is 0 Å². The maximum Gasteiger partial charge on any atom is 0.261 e. The molecule has 0 aliphatic carbocycles. The second kappa shape index (κ2) is 7.31.